The molecule has 8 heteroatoms. The summed E-state index contributed by atoms with van der Waals surface area (Å²) in [6.07, 6.45) is 1.66. The molecule has 1 aliphatic rings. The highest BCUT2D eigenvalue weighted by Crippen LogP contribution is 2.46. The number of hydrogen-bond acceptors (Lipinski definition) is 3. The summed E-state index contributed by atoms with van der Waals surface area (Å²) in [6, 6.07) is 14.3. The summed E-state index contributed by atoms with van der Waals surface area (Å²) in [5, 5.41) is 6.09. The third-order valence-corrected chi connectivity index (χ3v) is 7.18. The Labute approximate surface area is 269 Å². The van der Waals surface area contributed by atoms with Crippen molar-refractivity contribution in [2.24, 2.45) is 0 Å². The van der Waals surface area contributed by atoms with Gasteiger partial charge in [-0.05, 0) is 86.3 Å². The zero-order valence-electron chi connectivity index (χ0n) is 27.7. The number of nitrogens with zero attached hydrogens (tertiary/aromatic N) is 1. The smallest absolute Gasteiger partial charge is 0.183 e. The van der Waals surface area contributed by atoms with Crippen LogP contribution in [-0.2, 0) is 0 Å². The van der Waals surface area contributed by atoms with Gasteiger partial charge in [0.15, 0.2) is 11.6 Å². The Bertz CT molecular complexity index is 1760. The van der Waals surface area contributed by atoms with Crippen LogP contribution in [0.25, 0.3) is 11.4 Å². The Kier molecular flexibility index (Phi) is 12.6. The number of rotatable bonds is 8. The molecule has 4 aromatic rings. The van der Waals surface area contributed by atoms with Crippen molar-refractivity contribution < 1.29 is 22.0 Å². The standard InChI is InChI=1S/C34H30F5N3.2C2H6/c1-5-6-15-40-28-18-30(23-10-9-21(4)31(38)33(23)41-27-13-7-19(2)16-25(27)36)42(29-14-8-20(3)17-26(29)37)34-22(28)11-12-24(35)32(34)39;2*1-2/h7-14,16-17,40-41H,5-6,15H2,1-4H3;2*1-2H3. The molecule has 0 saturated heterocycles. The van der Waals surface area contributed by atoms with Gasteiger partial charge >= 0.3 is 0 Å². The summed E-state index contributed by atoms with van der Waals surface area (Å²) in [6.45, 7) is 15.5. The molecule has 5 rings (SSSR count). The van der Waals surface area contributed by atoms with E-state index in [1.165, 1.54) is 41.3 Å². The van der Waals surface area contributed by atoms with Crippen molar-refractivity contribution in [3.8, 4) is 0 Å². The fourth-order valence-electron chi connectivity index (χ4n) is 4.92. The van der Waals surface area contributed by atoms with Crippen LogP contribution in [0.4, 0.5) is 44.7 Å². The fraction of sp³-hybridized carbons (Fsp3) is 0.289. The van der Waals surface area contributed by atoms with E-state index in [0.29, 0.717) is 23.4 Å². The molecule has 0 spiro atoms. The first-order valence-electron chi connectivity index (χ1n) is 15.7. The van der Waals surface area contributed by atoms with Gasteiger partial charge in [-0.1, -0.05) is 65.0 Å². The summed E-state index contributed by atoms with van der Waals surface area (Å²) in [5.41, 5.74) is 5.12. The first-order valence-corrected chi connectivity index (χ1v) is 15.7. The molecule has 0 unspecified atom stereocenters. The van der Waals surface area contributed by atoms with Gasteiger partial charge in [-0.3, -0.25) is 4.90 Å². The van der Waals surface area contributed by atoms with Crippen LogP contribution >= 0.6 is 0 Å². The molecule has 0 radical (unpaired) electrons. The van der Waals surface area contributed by atoms with E-state index in [1.54, 1.807) is 39.0 Å². The van der Waals surface area contributed by atoms with E-state index < -0.39 is 29.1 Å². The van der Waals surface area contributed by atoms with E-state index in [-0.39, 0.29) is 45.1 Å². The Morgan fingerprint density at radius 1 is 0.696 bits per heavy atom. The fourth-order valence-corrected chi connectivity index (χ4v) is 4.92. The number of hydrogen-bond donors (Lipinski definition) is 2. The highest BCUT2D eigenvalue weighted by Gasteiger charge is 2.33. The second-order valence-electron chi connectivity index (χ2n) is 10.4. The van der Waals surface area contributed by atoms with Crippen molar-refractivity contribution in [2.75, 3.05) is 16.8 Å². The minimum atomic E-state index is -1.20. The van der Waals surface area contributed by atoms with Gasteiger partial charge in [0.2, 0.25) is 0 Å². The molecule has 0 amide bonds. The Hall–Kier alpha value is -4.55. The molecule has 0 fully saturated rings. The minimum Gasteiger partial charge on any atom is -0.378 e. The lowest BCUT2D eigenvalue weighted by molar-refractivity contribution is 0.509. The molecule has 1 aliphatic heterocycles. The molecule has 2 N–H and O–H groups in total. The second-order valence-corrected chi connectivity index (χ2v) is 10.4. The Morgan fingerprint density at radius 2 is 1.33 bits per heavy atom. The van der Waals surface area contributed by atoms with Crippen LogP contribution in [-0.4, -0.2) is 6.54 Å². The molecule has 0 atom stereocenters. The zero-order valence-corrected chi connectivity index (χ0v) is 27.7. The van der Waals surface area contributed by atoms with Gasteiger partial charge in [-0.2, -0.15) is 0 Å². The monoisotopic (exact) mass is 635 g/mol. The van der Waals surface area contributed by atoms with Crippen molar-refractivity contribution in [3.63, 3.8) is 0 Å². The summed E-state index contributed by atoms with van der Waals surface area (Å²) in [5.74, 6) is -4.31. The van der Waals surface area contributed by atoms with Crippen LogP contribution in [0.2, 0.25) is 0 Å². The molecular formula is C38H42F5N3. The molecule has 1 heterocycles. The molecule has 3 nitrogen and oxygen atoms in total. The van der Waals surface area contributed by atoms with Crippen molar-refractivity contribution >= 4 is 34.1 Å². The quantitative estimate of drug-likeness (QED) is 0.115. The molecule has 0 aromatic heterocycles. The predicted molar refractivity (Wildman–Crippen MR) is 181 cm³/mol. The van der Waals surface area contributed by atoms with E-state index in [4.69, 9.17) is 0 Å². The number of benzene rings is 4. The average molecular weight is 636 g/mol. The van der Waals surface area contributed by atoms with Crippen LogP contribution in [0.3, 0.4) is 0 Å². The largest absolute Gasteiger partial charge is 0.378 e. The van der Waals surface area contributed by atoms with Crippen LogP contribution in [0.5, 0.6) is 0 Å². The van der Waals surface area contributed by atoms with Gasteiger partial charge in [-0.25, -0.2) is 22.0 Å². The van der Waals surface area contributed by atoms with Crippen molar-refractivity contribution in [1.82, 2.24) is 5.32 Å². The molecule has 46 heavy (non-hydrogen) atoms. The first-order chi connectivity index (χ1) is 22.1. The normalized spacial score (nSPS) is 11.7. The van der Waals surface area contributed by atoms with Crippen molar-refractivity contribution in [3.05, 3.63) is 123 Å². The third-order valence-electron chi connectivity index (χ3n) is 7.18. The van der Waals surface area contributed by atoms with Crippen LogP contribution in [0, 0.1) is 49.9 Å². The Balaban J connectivity index is 0.00000139. The lowest BCUT2D eigenvalue weighted by atomic mass is 9.97. The number of fused-ring (bicyclic) bond motifs is 1. The molecule has 0 aliphatic carbocycles. The van der Waals surface area contributed by atoms with Gasteiger partial charge in [-0.15, -0.1) is 0 Å². The van der Waals surface area contributed by atoms with E-state index in [9.17, 15) is 8.78 Å². The maximum atomic E-state index is 15.9. The highest BCUT2D eigenvalue weighted by atomic mass is 19.2. The maximum absolute atomic E-state index is 15.9. The van der Waals surface area contributed by atoms with Crippen molar-refractivity contribution in [2.45, 2.75) is 68.2 Å². The number of halogens is 5. The summed E-state index contributed by atoms with van der Waals surface area (Å²) in [4.78, 5) is 1.20. The van der Waals surface area contributed by atoms with Gasteiger partial charge in [0, 0.05) is 17.7 Å². The topological polar surface area (TPSA) is 27.3 Å². The minimum absolute atomic E-state index is 0.0127. The van der Waals surface area contributed by atoms with E-state index in [0.717, 1.165) is 18.9 Å². The summed E-state index contributed by atoms with van der Waals surface area (Å²) in [7, 11) is 0. The highest BCUT2D eigenvalue weighted by molar-refractivity contribution is 6.00. The van der Waals surface area contributed by atoms with Crippen LogP contribution < -0.4 is 15.5 Å². The Morgan fingerprint density at radius 3 is 1.96 bits per heavy atom. The van der Waals surface area contributed by atoms with Gasteiger partial charge in [0.25, 0.3) is 0 Å². The van der Waals surface area contributed by atoms with Gasteiger partial charge < -0.3 is 10.6 Å². The first kappa shape index (κ1) is 35.9. The van der Waals surface area contributed by atoms with E-state index in [1.807, 2.05) is 34.6 Å². The van der Waals surface area contributed by atoms with Crippen LogP contribution in [0.15, 0.2) is 66.4 Å². The predicted octanol–water partition coefficient (Wildman–Crippen LogP) is 11.6. The average Bonchev–Trinajstić information content (AvgIpc) is 3.04. The number of anilines is 4. The van der Waals surface area contributed by atoms with Gasteiger partial charge in [0.05, 0.1) is 28.4 Å². The SMILES string of the molecule is CC.CC.CCCCNC1=C=C(c2ccc(C)c(F)c2Nc2ccc(C)cc2F)N(c2ccc(C)cc2F)c2c1ccc(F)c2F. The number of unbranched alkanes of at least 4 members (excludes halogenated alkanes) is 1. The third kappa shape index (κ3) is 7.45. The lowest BCUT2D eigenvalue weighted by Crippen LogP contribution is -2.26. The van der Waals surface area contributed by atoms with E-state index >= 15 is 13.2 Å². The second kappa shape index (κ2) is 16.1. The molecule has 244 valence electrons. The maximum Gasteiger partial charge on any atom is 0.183 e. The molecular weight excluding hydrogens is 593 g/mol. The van der Waals surface area contributed by atoms with Gasteiger partial charge in [0.1, 0.15) is 23.1 Å². The molecule has 4 aromatic carbocycles. The molecule has 0 bridgehead atoms. The van der Waals surface area contributed by atoms with Crippen LogP contribution in [0.1, 0.15) is 75.3 Å². The van der Waals surface area contributed by atoms with E-state index in [2.05, 4.69) is 16.4 Å². The summed E-state index contributed by atoms with van der Waals surface area (Å²) < 4.78 is 77.1. The number of aryl methyl sites for hydroxylation is 3. The number of nitrogens with one attached hydrogen (secondary N) is 2. The van der Waals surface area contributed by atoms with Crippen molar-refractivity contribution in [1.29, 1.82) is 0 Å². The molecule has 0 saturated carbocycles. The zero-order chi connectivity index (χ0) is 34.1. The lowest BCUT2D eigenvalue weighted by Gasteiger charge is -2.33. The summed E-state index contributed by atoms with van der Waals surface area (Å²) >= 11 is 0.